The number of anilines is 1. The average molecular weight is 490 g/mol. The van der Waals surface area contributed by atoms with E-state index in [1.807, 2.05) is 56.1 Å². The molecule has 182 valence electrons. The number of fused-ring (bicyclic) bond motifs is 2. The molecule has 2 aromatic heterocycles. The van der Waals surface area contributed by atoms with E-state index in [2.05, 4.69) is 27.2 Å². The smallest absolute Gasteiger partial charge is 0.322 e. The van der Waals surface area contributed by atoms with E-state index in [0.29, 0.717) is 24.7 Å². The van der Waals surface area contributed by atoms with Crippen LogP contribution in [0.3, 0.4) is 0 Å². The zero-order valence-electron chi connectivity index (χ0n) is 20.4. The Bertz CT molecular complexity index is 1220. The van der Waals surface area contributed by atoms with E-state index in [4.69, 9.17) is 9.72 Å². The summed E-state index contributed by atoms with van der Waals surface area (Å²) in [6.45, 7) is 5.12. The van der Waals surface area contributed by atoms with Gasteiger partial charge < -0.3 is 10.1 Å². The summed E-state index contributed by atoms with van der Waals surface area (Å²) >= 11 is 1.57. The third-order valence-electron chi connectivity index (χ3n) is 6.91. The van der Waals surface area contributed by atoms with Crippen LogP contribution < -0.4 is 19.7 Å². The Balaban J connectivity index is 1.35. The quantitative estimate of drug-likeness (QED) is 0.436. The summed E-state index contributed by atoms with van der Waals surface area (Å²) in [7, 11) is 1.90. The van der Waals surface area contributed by atoms with Crippen LogP contribution in [0.1, 0.15) is 48.2 Å². The van der Waals surface area contributed by atoms with Crippen LogP contribution in [-0.2, 0) is 12.0 Å². The fraction of sp³-hybridized carbons (Fsp3) is 0.370. The van der Waals surface area contributed by atoms with E-state index in [1.165, 1.54) is 0 Å². The zero-order valence-corrected chi connectivity index (χ0v) is 21.2. The first kappa shape index (κ1) is 23.6. The molecule has 2 aliphatic rings. The lowest BCUT2D eigenvalue weighted by atomic mass is 9.84. The molecule has 1 spiro atoms. The summed E-state index contributed by atoms with van der Waals surface area (Å²) in [5.41, 5.74) is 4.81. The summed E-state index contributed by atoms with van der Waals surface area (Å²) in [6.07, 6.45) is 6.12. The van der Waals surface area contributed by atoms with Crippen LogP contribution >= 0.6 is 11.9 Å². The normalized spacial score (nSPS) is 15.9. The molecule has 0 radical (unpaired) electrons. The topological polar surface area (TPSA) is 79.4 Å². The van der Waals surface area contributed by atoms with Crippen molar-refractivity contribution in [2.24, 2.45) is 0 Å². The maximum absolute atomic E-state index is 13.3. The molecule has 2 N–H and O–H groups in total. The first-order valence-corrected chi connectivity index (χ1v) is 12.9. The van der Waals surface area contributed by atoms with E-state index < -0.39 is 0 Å². The number of aryl methyl sites for hydroxylation is 2. The molecule has 1 aliphatic carbocycles. The highest BCUT2D eigenvalue weighted by molar-refractivity contribution is 7.97. The van der Waals surface area contributed by atoms with Gasteiger partial charge in [-0.2, -0.15) is 0 Å². The van der Waals surface area contributed by atoms with E-state index in [9.17, 15) is 4.79 Å². The van der Waals surface area contributed by atoms with Crippen LogP contribution in [-0.4, -0.2) is 29.6 Å². The number of aromatic nitrogens is 2. The first-order valence-electron chi connectivity index (χ1n) is 12.1. The maximum atomic E-state index is 13.3. The Hall–Kier alpha value is -3.10. The molecule has 3 heterocycles. The zero-order chi connectivity index (χ0) is 24.4. The third-order valence-corrected chi connectivity index (χ3v) is 7.62. The van der Waals surface area contributed by atoms with Crippen molar-refractivity contribution >= 4 is 23.7 Å². The molecule has 1 saturated carbocycles. The minimum Gasteiger partial charge on any atom is -0.437 e. The Kier molecular flexibility index (Phi) is 6.67. The summed E-state index contributed by atoms with van der Waals surface area (Å²) in [5.74, 6) is 1.25. The molecule has 3 aromatic rings. The van der Waals surface area contributed by atoms with Gasteiger partial charge in [0.25, 0.3) is 0 Å². The molecule has 1 aromatic carbocycles. The number of hydrogen-bond donors (Lipinski definition) is 2. The van der Waals surface area contributed by atoms with Gasteiger partial charge in [0.1, 0.15) is 0 Å². The number of hydrogen-bond acceptors (Lipinski definition) is 6. The molecule has 1 fully saturated rings. The minimum absolute atomic E-state index is 0.0854. The SMILES string of the molecule is CNSc1ccc(CNC(=O)N2CC3(CCCC3)c3nc(Oc4cnc(C)cc4C)ccc32)cc1. The molecule has 0 saturated heterocycles. The molecule has 2 amide bonds. The van der Waals surface area contributed by atoms with E-state index >= 15 is 0 Å². The number of benzene rings is 1. The van der Waals surface area contributed by atoms with Gasteiger partial charge in [-0.05, 0) is 81.1 Å². The fourth-order valence-corrected chi connectivity index (χ4v) is 5.67. The van der Waals surface area contributed by atoms with Gasteiger partial charge in [-0.1, -0.05) is 25.0 Å². The summed E-state index contributed by atoms with van der Waals surface area (Å²) in [6, 6.07) is 13.9. The van der Waals surface area contributed by atoms with Crippen LogP contribution in [0.15, 0.2) is 53.6 Å². The molecule has 7 nitrogen and oxygen atoms in total. The van der Waals surface area contributed by atoms with E-state index in [-0.39, 0.29) is 11.4 Å². The number of carbonyl (C=O) groups is 1. The maximum Gasteiger partial charge on any atom is 0.322 e. The van der Waals surface area contributed by atoms with Crippen molar-refractivity contribution in [1.29, 1.82) is 0 Å². The van der Waals surface area contributed by atoms with Crippen molar-refractivity contribution in [2.45, 2.75) is 56.4 Å². The second kappa shape index (κ2) is 9.87. The van der Waals surface area contributed by atoms with Crippen molar-refractivity contribution in [1.82, 2.24) is 20.0 Å². The highest BCUT2D eigenvalue weighted by Gasteiger charge is 2.48. The van der Waals surface area contributed by atoms with Crippen LogP contribution in [0.5, 0.6) is 11.6 Å². The highest BCUT2D eigenvalue weighted by Crippen LogP contribution is 2.50. The molecular formula is C27H31N5O2S. The number of pyridine rings is 2. The average Bonchev–Trinajstić information content (AvgIpc) is 3.46. The van der Waals surface area contributed by atoms with E-state index in [0.717, 1.165) is 58.8 Å². The number of carbonyl (C=O) groups excluding carboxylic acids is 1. The molecule has 0 atom stereocenters. The van der Waals surface area contributed by atoms with Crippen molar-refractivity contribution < 1.29 is 9.53 Å². The minimum atomic E-state index is -0.0986. The molecule has 0 bridgehead atoms. The monoisotopic (exact) mass is 489 g/mol. The predicted octanol–water partition coefficient (Wildman–Crippen LogP) is 5.65. The largest absolute Gasteiger partial charge is 0.437 e. The number of nitrogens with zero attached hydrogens (tertiary/aromatic N) is 3. The van der Waals surface area contributed by atoms with Gasteiger partial charge in [-0.25, -0.2) is 9.78 Å². The Morgan fingerprint density at radius 3 is 2.63 bits per heavy atom. The summed E-state index contributed by atoms with van der Waals surface area (Å²) < 4.78 is 9.19. The van der Waals surface area contributed by atoms with Crippen molar-refractivity contribution in [3.8, 4) is 11.6 Å². The second-order valence-corrected chi connectivity index (χ2v) is 10.5. The van der Waals surface area contributed by atoms with Crippen LogP contribution in [0.2, 0.25) is 0 Å². The van der Waals surface area contributed by atoms with Crippen molar-refractivity contribution in [3.05, 3.63) is 71.2 Å². The number of amides is 2. The van der Waals surface area contributed by atoms with Crippen LogP contribution in [0.4, 0.5) is 10.5 Å². The lowest BCUT2D eigenvalue weighted by Crippen LogP contribution is -2.41. The Labute approximate surface area is 210 Å². The Morgan fingerprint density at radius 1 is 1.14 bits per heavy atom. The number of ether oxygens (including phenoxy) is 1. The fourth-order valence-electron chi connectivity index (χ4n) is 5.16. The summed E-state index contributed by atoms with van der Waals surface area (Å²) in [5, 5.41) is 3.10. The predicted molar refractivity (Wildman–Crippen MR) is 139 cm³/mol. The first-order chi connectivity index (χ1) is 17.0. The standard InChI is InChI=1S/C27H31N5O2S/c1-18-14-19(2)29-16-23(18)34-24-11-10-22-25(31-24)27(12-4-5-13-27)17-32(22)26(33)30-15-20-6-8-21(9-7-20)35-28-3/h6-11,14,16,28H,4-5,12-13,15,17H2,1-3H3,(H,30,33). The van der Waals surface area contributed by atoms with Crippen LogP contribution in [0, 0.1) is 13.8 Å². The van der Waals surface area contributed by atoms with Gasteiger partial charge in [-0.15, -0.1) is 0 Å². The van der Waals surface area contributed by atoms with Gasteiger partial charge >= 0.3 is 6.03 Å². The van der Waals surface area contributed by atoms with Crippen molar-refractivity contribution in [3.63, 3.8) is 0 Å². The number of urea groups is 1. The lowest BCUT2D eigenvalue weighted by Gasteiger charge is -2.24. The van der Waals surface area contributed by atoms with Crippen molar-refractivity contribution in [2.75, 3.05) is 18.5 Å². The number of rotatable bonds is 6. The number of nitrogens with one attached hydrogen (secondary N) is 2. The second-order valence-electron chi connectivity index (χ2n) is 9.39. The lowest BCUT2D eigenvalue weighted by molar-refractivity contribution is 0.245. The van der Waals surface area contributed by atoms with Gasteiger partial charge in [0, 0.05) is 35.2 Å². The van der Waals surface area contributed by atoms with Gasteiger partial charge in [-0.3, -0.25) is 14.6 Å². The van der Waals surface area contributed by atoms with E-state index in [1.54, 1.807) is 18.1 Å². The molecule has 0 unspecified atom stereocenters. The van der Waals surface area contributed by atoms with Crippen LogP contribution in [0.25, 0.3) is 0 Å². The molecule has 8 heteroatoms. The molecular weight excluding hydrogens is 458 g/mol. The highest BCUT2D eigenvalue weighted by atomic mass is 32.2. The van der Waals surface area contributed by atoms with Gasteiger partial charge in [0.2, 0.25) is 5.88 Å². The van der Waals surface area contributed by atoms with Gasteiger partial charge in [0.15, 0.2) is 5.75 Å². The van der Waals surface area contributed by atoms with Gasteiger partial charge in [0.05, 0.1) is 17.6 Å². The third kappa shape index (κ3) is 4.86. The summed E-state index contributed by atoms with van der Waals surface area (Å²) in [4.78, 5) is 25.6. The Morgan fingerprint density at radius 2 is 1.91 bits per heavy atom. The molecule has 35 heavy (non-hydrogen) atoms. The molecule has 1 aliphatic heterocycles. The molecule has 5 rings (SSSR count).